The molecule has 0 amide bonds. The molecule has 7 nitrogen and oxygen atoms in total. The lowest BCUT2D eigenvalue weighted by atomic mass is 10.0. The molecule has 0 spiro atoms. The number of aryl methyl sites for hydroxylation is 1. The average Bonchev–Trinajstić information content (AvgIpc) is 2.74. The third-order valence-corrected chi connectivity index (χ3v) is 8.78. The number of nitrogens with one attached hydrogen (secondary N) is 1. The Hall–Kier alpha value is -1.94. The zero-order chi connectivity index (χ0) is 21.8. The van der Waals surface area contributed by atoms with Crippen LogP contribution in [0.2, 0.25) is 0 Å². The van der Waals surface area contributed by atoms with Crippen LogP contribution in [0.1, 0.15) is 31.2 Å². The zero-order valence-corrected chi connectivity index (χ0v) is 18.9. The summed E-state index contributed by atoms with van der Waals surface area (Å²) in [6, 6.07) is 12.7. The Bertz CT molecular complexity index is 1050. The largest absolute Gasteiger partial charge is 0.497 e. The molecule has 0 bridgehead atoms. The molecule has 1 aliphatic heterocycles. The average molecular weight is 453 g/mol. The predicted octanol–water partition coefficient (Wildman–Crippen LogP) is 2.92. The summed E-state index contributed by atoms with van der Waals surface area (Å²) in [6.45, 7) is 2.53. The maximum absolute atomic E-state index is 13.1. The molecule has 0 aliphatic carbocycles. The van der Waals surface area contributed by atoms with Crippen LogP contribution in [0.5, 0.6) is 5.75 Å². The maximum atomic E-state index is 13.1. The van der Waals surface area contributed by atoms with E-state index in [1.165, 1.54) is 23.5 Å². The van der Waals surface area contributed by atoms with Gasteiger partial charge in [0.1, 0.15) is 5.75 Å². The van der Waals surface area contributed by atoms with Gasteiger partial charge in [-0.1, -0.05) is 24.1 Å². The van der Waals surface area contributed by atoms with Crippen molar-refractivity contribution >= 4 is 20.0 Å². The molecule has 1 unspecified atom stereocenters. The summed E-state index contributed by atoms with van der Waals surface area (Å²) in [5.41, 5.74) is 0.997. The molecule has 1 N–H and O–H groups in total. The molecule has 30 heavy (non-hydrogen) atoms. The van der Waals surface area contributed by atoms with E-state index >= 15 is 0 Å². The molecule has 0 aromatic heterocycles. The SMILES string of the molecule is COc1ccc(S(=O)(=O)NCCC2CCCCN2S(=O)(=O)c2ccc(C)cc2)cc1. The van der Waals surface area contributed by atoms with E-state index in [-0.39, 0.29) is 22.4 Å². The van der Waals surface area contributed by atoms with Gasteiger partial charge in [-0.2, -0.15) is 4.31 Å². The van der Waals surface area contributed by atoms with Gasteiger partial charge in [-0.15, -0.1) is 0 Å². The first-order chi connectivity index (χ1) is 14.2. The highest BCUT2D eigenvalue weighted by molar-refractivity contribution is 7.89. The lowest BCUT2D eigenvalue weighted by molar-refractivity contribution is 0.242. The number of ether oxygens (including phenoxy) is 1. The standard InChI is InChI=1S/C21H28N2O5S2/c1-17-6-10-21(11-7-17)30(26,27)23-16-4-3-5-18(23)14-15-22-29(24,25)20-12-8-19(28-2)9-13-20/h6-13,18,22H,3-5,14-16H2,1-2H3. The van der Waals surface area contributed by atoms with Crippen molar-refractivity contribution in [2.24, 2.45) is 0 Å². The normalized spacial score (nSPS) is 18.3. The summed E-state index contributed by atoms with van der Waals surface area (Å²) in [6.07, 6.45) is 2.87. The van der Waals surface area contributed by atoms with E-state index in [0.29, 0.717) is 18.7 Å². The Morgan fingerprint density at radius 1 is 0.967 bits per heavy atom. The topological polar surface area (TPSA) is 92.8 Å². The summed E-state index contributed by atoms with van der Waals surface area (Å²) < 4.78 is 60.5. The van der Waals surface area contributed by atoms with Gasteiger partial charge in [-0.25, -0.2) is 21.6 Å². The molecule has 1 heterocycles. The minimum atomic E-state index is -3.67. The molecule has 0 saturated carbocycles. The Morgan fingerprint density at radius 3 is 2.23 bits per heavy atom. The van der Waals surface area contributed by atoms with Crippen molar-refractivity contribution < 1.29 is 21.6 Å². The van der Waals surface area contributed by atoms with Crippen molar-refractivity contribution in [2.45, 2.75) is 48.4 Å². The number of hydrogen-bond donors (Lipinski definition) is 1. The smallest absolute Gasteiger partial charge is 0.243 e. The first kappa shape index (κ1) is 22.7. The quantitative estimate of drug-likeness (QED) is 0.665. The van der Waals surface area contributed by atoms with E-state index < -0.39 is 20.0 Å². The summed E-state index contributed by atoms with van der Waals surface area (Å²) in [5.74, 6) is 0.577. The van der Waals surface area contributed by atoms with Crippen LogP contribution in [0, 0.1) is 6.92 Å². The van der Waals surface area contributed by atoms with E-state index in [1.807, 2.05) is 6.92 Å². The number of benzene rings is 2. The predicted molar refractivity (Wildman–Crippen MR) is 116 cm³/mol. The Balaban J connectivity index is 1.67. The van der Waals surface area contributed by atoms with Crippen LogP contribution in [0.15, 0.2) is 58.3 Å². The fourth-order valence-corrected chi connectivity index (χ4v) is 6.39. The van der Waals surface area contributed by atoms with Gasteiger partial charge in [0, 0.05) is 19.1 Å². The first-order valence-corrected chi connectivity index (χ1v) is 12.9. The third kappa shape index (κ3) is 5.21. The highest BCUT2D eigenvalue weighted by Gasteiger charge is 2.33. The number of piperidine rings is 1. The number of rotatable bonds is 8. The fraction of sp³-hybridized carbons (Fsp3) is 0.429. The van der Waals surface area contributed by atoms with Gasteiger partial charge in [0.25, 0.3) is 0 Å². The maximum Gasteiger partial charge on any atom is 0.243 e. The van der Waals surface area contributed by atoms with Crippen LogP contribution in [0.25, 0.3) is 0 Å². The van der Waals surface area contributed by atoms with Crippen LogP contribution in [-0.2, 0) is 20.0 Å². The third-order valence-electron chi connectivity index (χ3n) is 5.34. The lowest BCUT2D eigenvalue weighted by Gasteiger charge is -2.34. The van der Waals surface area contributed by atoms with Gasteiger partial charge in [0.2, 0.25) is 20.0 Å². The Labute approximate surface area is 179 Å². The molecule has 3 rings (SSSR count). The molecule has 1 fully saturated rings. The molecular formula is C21H28N2O5S2. The van der Waals surface area contributed by atoms with Crippen LogP contribution in [0.3, 0.4) is 0 Å². The van der Waals surface area contributed by atoms with Crippen molar-refractivity contribution in [3.8, 4) is 5.75 Å². The van der Waals surface area contributed by atoms with Crippen LogP contribution in [0.4, 0.5) is 0 Å². The monoisotopic (exact) mass is 452 g/mol. The van der Waals surface area contributed by atoms with E-state index in [0.717, 1.165) is 24.8 Å². The molecule has 164 valence electrons. The summed E-state index contributed by atoms with van der Waals surface area (Å²) in [7, 11) is -5.76. The molecule has 9 heteroatoms. The second-order valence-corrected chi connectivity index (χ2v) is 11.1. The molecule has 1 saturated heterocycles. The second kappa shape index (κ2) is 9.47. The van der Waals surface area contributed by atoms with Gasteiger partial charge in [-0.05, 0) is 62.6 Å². The van der Waals surface area contributed by atoms with E-state index in [1.54, 1.807) is 36.4 Å². The number of nitrogens with zero attached hydrogens (tertiary/aromatic N) is 1. The minimum absolute atomic E-state index is 0.149. The molecular weight excluding hydrogens is 424 g/mol. The summed E-state index contributed by atoms with van der Waals surface area (Å²) >= 11 is 0. The van der Waals surface area contributed by atoms with Crippen LogP contribution in [-0.4, -0.2) is 47.4 Å². The highest BCUT2D eigenvalue weighted by atomic mass is 32.2. The Kier molecular flexibility index (Phi) is 7.18. The molecule has 2 aromatic carbocycles. The van der Waals surface area contributed by atoms with Gasteiger partial charge in [0.15, 0.2) is 0 Å². The van der Waals surface area contributed by atoms with Gasteiger partial charge in [0.05, 0.1) is 16.9 Å². The zero-order valence-electron chi connectivity index (χ0n) is 17.2. The van der Waals surface area contributed by atoms with E-state index in [4.69, 9.17) is 4.74 Å². The lowest BCUT2D eigenvalue weighted by Crippen LogP contribution is -2.45. The summed E-state index contributed by atoms with van der Waals surface area (Å²) in [5, 5.41) is 0. The fourth-order valence-electron chi connectivity index (χ4n) is 3.62. The first-order valence-electron chi connectivity index (χ1n) is 9.96. The van der Waals surface area contributed by atoms with Crippen molar-refractivity contribution in [1.29, 1.82) is 0 Å². The van der Waals surface area contributed by atoms with Crippen LogP contribution < -0.4 is 9.46 Å². The van der Waals surface area contributed by atoms with Crippen molar-refractivity contribution in [1.82, 2.24) is 9.03 Å². The number of hydrogen-bond acceptors (Lipinski definition) is 5. The second-order valence-electron chi connectivity index (χ2n) is 7.44. The molecule has 2 aromatic rings. The van der Waals surface area contributed by atoms with Crippen LogP contribution >= 0.6 is 0 Å². The highest BCUT2D eigenvalue weighted by Crippen LogP contribution is 2.27. The Morgan fingerprint density at radius 2 is 1.60 bits per heavy atom. The number of methoxy groups -OCH3 is 1. The van der Waals surface area contributed by atoms with Crippen molar-refractivity contribution in [3.05, 3.63) is 54.1 Å². The molecule has 1 aliphatic rings. The minimum Gasteiger partial charge on any atom is -0.497 e. The summed E-state index contributed by atoms with van der Waals surface area (Å²) in [4.78, 5) is 0.426. The van der Waals surface area contributed by atoms with Crippen molar-refractivity contribution in [2.75, 3.05) is 20.2 Å². The molecule has 0 radical (unpaired) electrons. The van der Waals surface area contributed by atoms with Crippen molar-refractivity contribution in [3.63, 3.8) is 0 Å². The van der Waals surface area contributed by atoms with Gasteiger partial charge < -0.3 is 4.74 Å². The van der Waals surface area contributed by atoms with E-state index in [2.05, 4.69) is 4.72 Å². The van der Waals surface area contributed by atoms with Gasteiger partial charge >= 0.3 is 0 Å². The van der Waals surface area contributed by atoms with Gasteiger partial charge in [-0.3, -0.25) is 0 Å². The van der Waals surface area contributed by atoms with E-state index in [9.17, 15) is 16.8 Å². The number of sulfonamides is 2. The molecule has 1 atom stereocenters.